The summed E-state index contributed by atoms with van der Waals surface area (Å²) in [5.74, 6) is 1.92. The molecule has 2 saturated carbocycles. The van der Waals surface area contributed by atoms with Crippen LogP contribution < -0.4 is 5.32 Å². The topological polar surface area (TPSA) is 52.9 Å². The van der Waals surface area contributed by atoms with Crippen LogP contribution in [0.5, 0.6) is 0 Å². The highest BCUT2D eigenvalue weighted by molar-refractivity contribution is 9.10. The van der Waals surface area contributed by atoms with Gasteiger partial charge >= 0.3 is 0 Å². The molecule has 0 aromatic heterocycles. The molecule has 2 aliphatic carbocycles. The molecule has 2 atom stereocenters. The number of hydrogen-bond acceptors (Lipinski definition) is 2. The van der Waals surface area contributed by atoms with Gasteiger partial charge in [-0.2, -0.15) is 5.26 Å². The van der Waals surface area contributed by atoms with Gasteiger partial charge in [0.25, 0.3) is 0 Å². The first kappa shape index (κ1) is 11.7. The zero-order valence-electron chi connectivity index (χ0n) is 9.82. The molecule has 18 heavy (non-hydrogen) atoms. The molecule has 2 unspecified atom stereocenters. The predicted molar refractivity (Wildman–Crippen MR) is 71.8 cm³/mol. The fourth-order valence-corrected chi connectivity index (χ4v) is 3.33. The molecule has 0 heterocycles. The van der Waals surface area contributed by atoms with E-state index in [1.54, 1.807) is 18.2 Å². The van der Waals surface area contributed by atoms with Gasteiger partial charge in [0.15, 0.2) is 0 Å². The monoisotopic (exact) mass is 304 g/mol. The second-order valence-corrected chi connectivity index (χ2v) is 6.07. The van der Waals surface area contributed by atoms with Crippen molar-refractivity contribution >= 4 is 27.5 Å². The van der Waals surface area contributed by atoms with Crippen LogP contribution in [0.1, 0.15) is 24.8 Å². The van der Waals surface area contributed by atoms with Gasteiger partial charge in [-0.3, -0.25) is 4.79 Å². The number of anilines is 1. The molecule has 0 radical (unpaired) electrons. The summed E-state index contributed by atoms with van der Waals surface area (Å²) in [6.45, 7) is 0. The maximum absolute atomic E-state index is 12.1. The smallest absolute Gasteiger partial charge is 0.227 e. The van der Waals surface area contributed by atoms with Crippen LogP contribution in [0.15, 0.2) is 22.7 Å². The molecular formula is C14H13BrN2O. The van der Waals surface area contributed by atoms with Gasteiger partial charge in [0, 0.05) is 10.4 Å². The van der Waals surface area contributed by atoms with Crippen molar-refractivity contribution in [3.05, 3.63) is 28.2 Å². The zero-order valence-corrected chi connectivity index (χ0v) is 11.4. The van der Waals surface area contributed by atoms with Crippen molar-refractivity contribution < 1.29 is 4.79 Å². The molecule has 0 spiro atoms. The fraction of sp³-hybridized carbons (Fsp3) is 0.429. The van der Waals surface area contributed by atoms with Crippen LogP contribution in [-0.4, -0.2) is 5.91 Å². The summed E-state index contributed by atoms with van der Waals surface area (Å²) in [5.41, 5.74) is 1.33. The summed E-state index contributed by atoms with van der Waals surface area (Å²) >= 11 is 3.38. The van der Waals surface area contributed by atoms with E-state index in [4.69, 9.17) is 5.26 Å². The lowest BCUT2D eigenvalue weighted by atomic mass is 10.0. The number of halogens is 1. The first-order valence-electron chi connectivity index (χ1n) is 6.18. The maximum Gasteiger partial charge on any atom is 0.227 e. The van der Waals surface area contributed by atoms with E-state index in [0.29, 0.717) is 5.56 Å². The average molecular weight is 305 g/mol. The Bertz CT molecular complexity index is 539. The quantitative estimate of drug-likeness (QED) is 0.911. The lowest BCUT2D eigenvalue weighted by molar-refractivity contribution is -0.120. The number of hydrogen-bond donors (Lipinski definition) is 1. The number of rotatable bonds is 2. The van der Waals surface area contributed by atoms with Crippen molar-refractivity contribution in [2.45, 2.75) is 19.3 Å². The van der Waals surface area contributed by atoms with Gasteiger partial charge in [-0.15, -0.1) is 0 Å². The van der Waals surface area contributed by atoms with Crippen LogP contribution in [0.4, 0.5) is 5.69 Å². The molecule has 1 aromatic carbocycles. The molecule has 0 saturated heterocycles. The third-order valence-electron chi connectivity index (χ3n) is 3.97. The lowest BCUT2D eigenvalue weighted by Crippen LogP contribution is -2.21. The molecule has 1 aromatic rings. The number of amides is 1. The summed E-state index contributed by atoms with van der Waals surface area (Å²) in [6.07, 6.45) is 3.42. The summed E-state index contributed by atoms with van der Waals surface area (Å²) < 4.78 is 0.762. The van der Waals surface area contributed by atoms with Crippen LogP contribution in [0.3, 0.4) is 0 Å². The zero-order chi connectivity index (χ0) is 12.7. The highest BCUT2D eigenvalue weighted by Crippen LogP contribution is 2.54. The van der Waals surface area contributed by atoms with Gasteiger partial charge in [0.1, 0.15) is 0 Å². The van der Waals surface area contributed by atoms with Gasteiger partial charge < -0.3 is 5.32 Å². The first-order valence-corrected chi connectivity index (χ1v) is 6.97. The van der Waals surface area contributed by atoms with Crippen molar-refractivity contribution in [3.63, 3.8) is 0 Å². The third kappa shape index (κ3) is 2.15. The molecule has 1 N–H and O–H groups in total. The predicted octanol–water partition coefficient (Wildman–Crippen LogP) is 3.31. The Labute approximate surface area is 114 Å². The van der Waals surface area contributed by atoms with Crippen molar-refractivity contribution in [3.8, 4) is 6.07 Å². The maximum atomic E-state index is 12.1. The van der Waals surface area contributed by atoms with Crippen LogP contribution in [-0.2, 0) is 4.79 Å². The Morgan fingerprint density at radius 1 is 1.33 bits per heavy atom. The van der Waals surface area contributed by atoms with E-state index in [2.05, 4.69) is 27.3 Å². The van der Waals surface area contributed by atoms with Gasteiger partial charge in [-0.05, 0) is 65.2 Å². The van der Waals surface area contributed by atoms with Crippen LogP contribution in [0, 0.1) is 29.1 Å². The van der Waals surface area contributed by atoms with Crippen LogP contribution >= 0.6 is 15.9 Å². The largest absolute Gasteiger partial charge is 0.325 e. The molecular weight excluding hydrogens is 292 g/mol. The second-order valence-electron chi connectivity index (χ2n) is 5.22. The molecule has 3 nitrogen and oxygen atoms in total. The minimum atomic E-state index is 0.118. The summed E-state index contributed by atoms with van der Waals surface area (Å²) in [4.78, 5) is 12.1. The molecule has 92 valence electrons. The van der Waals surface area contributed by atoms with Crippen LogP contribution in [0.25, 0.3) is 0 Å². The number of nitrogens with zero attached hydrogens (tertiary/aromatic N) is 1. The molecule has 0 bridgehead atoms. The SMILES string of the molecule is N#Cc1ccc(NC(=O)C2CC3CC3C2)c(Br)c1. The van der Waals surface area contributed by atoms with Crippen molar-refractivity contribution in [1.82, 2.24) is 0 Å². The number of nitriles is 1. The van der Waals surface area contributed by atoms with Gasteiger partial charge in [0.2, 0.25) is 5.91 Å². The first-order chi connectivity index (χ1) is 8.67. The molecule has 2 aliphatic rings. The minimum Gasteiger partial charge on any atom is -0.325 e. The lowest BCUT2D eigenvalue weighted by Gasteiger charge is -2.13. The Kier molecular flexibility index (Phi) is 2.87. The van der Waals surface area contributed by atoms with Crippen molar-refractivity contribution in [2.75, 3.05) is 5.32 Å². The van der Waals surface area contributed by atoms with E-state index in [-0.39, 0.29) is 11.8 Å². The normalized spacial score (nSPS) is 28.3. The third-order valence-corrected chi connectivity index (χ3v) is 4.63. The molecule has 2 fully saturated rings. The molecule has 1 amide bonds. The standard InChI is InChI=1S/C14H13BrN2O/c15-12-3-8(7-16)1-2-13(12)17-14(18)11-5-9-4-10(9)6-11/h1-3,9-11H,4-6H2,(H,17,18). The van der Waals surface area contributed by atoms with E-state index in [1.807, 2.05) is 0 Å². The molecule has 4 heteroatoms. The highest BCUT2D eigenvalue weighted by atomic mass is 79.9. The summed E-state index contributed by atoms with van der Waals surface area (Å²) in [7, 11) is 0. The number of nitrogens with one attached hydrogen (secondary N) is 1. The van der Waals surface area contributed by atoms with Crippen LogP contribution in [0.2, 0.25) is 0 Å². The number of fused-ring (bicyclic) bond motifs is 1. The van der Waals surface area contributed by atoms with Crippen molar-refractivity contribution in [1.29, 1.82) is 5.26 Å². The Balaban J connectivity index is 1.69. The Hall–Kier alpha value is -1.34. The molecule has 3 rings (SSSR count). The van der Waals surface area contributed by atoms with Gasteiger partial charge in [-0.1, -0.05) is 0 Å². The summed E-state index contributed by atoms with van der Waals surface area (Å²) in [5, 5.41) is 11.7. The van der Waals surface area contributed by atoms with E-state index in [1.165, 1.54) is 6.42 Å². The van der Waals surface area contributed by atoms with Crippen molar-refractivity contribution in [2.24, 2.45) is 17.8 Å². The van der Waals surface area contributed by atoms with E-state index < -0.39 is 0 Å². The number of carbonyl (C=O) groups is 1. The fourth-order valence-electron chi connectivity index (χ4n) is 2.85. The molecule has 0 aliphatic heterocycles. The van der Waals surface area contributed by atoms with E-state index in [9.17, 15) is 4.79 Å². The Morgan fingerprint density at radius 3 is 2.67 bits per heavy atom. The van der Waals surface area contributed by atoms with Gasteiger partial charge in [0.05, 0.1) is 17.3 Å². The second kappa shape index (κ2) is 4.40. The number of carbonyl (C=O) groups excluding carboxylic acids is 1. The average Bonchev–Trinajstić information content (AvgIpc) is 2.98. The van der Waals surface area contributed by atoms with E-state index in [0.717, 1.165) is 34.8 Å². The number of benzene rings is 1. The summed E-state index contributed by atoms with van der Waals surface area (Å²) in [6, 6.07) is 7.29. The highest BCUT2D eigenvalue weighted by Gasteiger charge is 2.47. The minimum absolute atomic E-state index is 0.118. The van der Waals surface area contributed by atoms with Gasteiger partial charge in [-0.25, -0.2) is 0 Å². The Morgan fingerprint density at radius 2 is 2.06 bits per heavy atom. The van der Waals surface area contributed by atoms with E-state index >= 15 is 0 Å².